The lowest BCUT2D eigenvalue weighted by Crippen LogP contribution is -2.13. The van der Waals surface area contributed by atoms with Gasteiger partial charge in [0.25, 0.3) is 5.69 Å². The van der Waals surface area contributed by atoms with Crippen molar-refractivity contribution in [3.8, 4) is 0 Å². The minimum Gasteiger partial charge on any atom is -0.465 e. The van der Waals surface area contributed by atoms with Gasteiger partial charge >= 0.3 is 12.1 Å². The highest BCUT2D eigenvalue weighted by atomic mass is 16.6. The summed E-state index contributed by atoms with van der Waals surface area (Å²) in [5, 5.41) is 10.7. The second kappa shape index (κ2) is 5.62. The second-order valence-corrected chi connectivity index (χ2v) is 3.20. The molecule has 0 fully saturated rings. The fourth-order valence-corrected chi connectivity index (χ4v) is 1.27. The smallest absolute Gasteiger partial charge is 0.404 e. The number of nitro benzene ring substituents is 1. The lowest BCUT2D eigenvalue weighted by molar-refractivity contribution is -0.385. The van der Waals surface area contributed by atoms with Gasteiger partial charge in [0.05, 0.1) is 23.2 Å². The largest absolute Gasteiger partial charge is 0.465 e. The van der Waals surface area contributed by atoms with Crippen LogP contribution in [0, 0.1) is 10.1 Å². The molecule has 0 bridgehead atoms. The first-order valence-electron chi connectivity index (χ1n) is 4.73. The molecule has 0 unspecified atom stereocenters. The van der Waals surface area contributed by atoms with Crippen LogP contribution in [0.15, 0.2) is 18.2 Å². The summed E-state index contributed by atoms with van der Waals surface area (Å²) in [4.78, 5) is 31.8. The Kier molecular flexibility index (Phi) is 4.19. The third-order valence-corrected chi connectivity index (χ3v) is 2.07. The molecule has 18 heavy (non-hydrogen) atoms. The van der Waals surface area contributed by atoms with Crippen LogP contribution < -0.4 is 5.73 Å². The minimum atomic E-state index is -1.06. The molecule has 0 saturated heterocycles. The number of carbonyl (C=O) groups excluding carboxylic acids is 2. The molecule has 0 heterocycles. The molecule has 96 valence electrons. The first-order valence-corrected chi connectivity index (χ1v) is 4.73. The van der Waals surface area contributed by atoms with E-state index in [1.807, 2.05) is 0 Å². The molecule has 8 nitrogen and oxygen atoms in total. The van der Waals surface area contributed by atoms with Crippen LogP contribution in [0.25, 0.3) is 0 Å². The zero-order valence-corrected chi connectivity index (χ0v) is 9.41. The molecular weight excluding hydrogens is 244 g/mol. The fraction of sp³-hybridized carbons (Fsp3) is 0.200. The number of nitro groups is 1. The monoisotopic (exact) mass is 254 g/mol. The van der Waals surface area contributed by atoms with E-state index in [1.54, 1.807) is 0 Å². The maximum Gasteiger partial charge on any atom is 0.404 e. The molecule has 1 amide bonds. The van der Waals surface area contributed by atoms with Crippen molar-refractivity contribution in [1.82, 2.24) is 0 Å². The molecule has 1 aromatic carbocycles. The first-order chi connectivity index (χ1) is 8.45. The SMILES string of the molecule is COC(=O)c1ccc([N+](=O)[O-])c(COC(N)=O)c1. The number of carbonyl (C=O) groups is 2. The van der Waals surface area contributed by atoms with Gasteiger partial charge in [-0.1, -0.05) is 0 Å². The highest BCUT2D eigenvalue weighted by Crippen LogP contribution is 2.21. The molecule has 0 aromatic heterocycles. The summed E-state index contributed by atoms with van der Waals surface area (Å²) in [6.07, 6.45) is -1.06. The molecule has 0 aliphatic carbocycles. The fourth-order valence-electron chi connectivity index (χ4n) is 1.27. The lowest BCUT2D eigenvalue weighted by atomic mass is 10.1. The first kappa shape index (κ1) is 13.4. The number of nitrogens with zero attached hydrogens (tertiary/aromatic N) is 1. The number of hydrogen-bond donors (Lipinski definition) is 1. The number of amides is 1. The molecule has 1 rings (SSSR count). The van der Waals surface area contributed by atoms with Gasteiger partial charge in [-0.25, -0.2) is 9.59 Å². The molecule has 0 spiro atoms. The molecular formula is C10H10N2O6. The molecule has 1 aromatic rings. The molecule has 0 aliphatic heterocycles. The molecule has 2 N–H and O–H groups in total. The molecule has 0 radical (unpaired) electrons. The topological polar surface area (TPSA) is 122 Å². The van der Waals surface area contributed by atoms with Crippen LogP contribution >= 0.6 is 0 Å². The van der Waals surface area contributed by atoms with Gasteiger partial charge in [0.1, 0.15) is 6.61 Å². The number of benzene rings is 1. The van der Waals surface area contributed by atoms with E-state index in [9.17, 15) is 19.7 Å². The van der Waals surface area contributed by atoms with Crippen molar-refractivity contribution in [1.29, 1.82) is 0 Å². The zero-order chi connectivity index (χ0) is 13.7. The van der Waals surface area contributed by atoms with E-state index in [-0.39, 0.29) is 16.8 Å². The molecule has 0 aliphatic rings. The van der Waals surface area contributed by atoms with Crippen LogP contribution in [-0.2, 0) is 16.1 Å². The van der Waals surface area contributed by atoms with Crippen LogP contribution in [0.5, 0.6) is 0 Å². The van der Waals surface area contributed by atoms with Crippen LogP contribution in [-0.4, -0.2) is 24.1 Å². The van der Waals surface area contributed by atoms with Crippen molar-refractivity contribution in [3.05, 3.63) is 39.4 Å². The van der Waals surface area contributed by atoms with E-state index in [0.717, 1.165) is 6.07 Å². The van der Waals surface area contributed by atoms with Gasteiger partial charge in [0.15, 0.2) is 0 Å². The predicted octanol–water partition coefficient (Wildman–Crippen LogP) is 0.977. The van der Waals surface area contributed by atoms with E-state index >= 15 is 0 Å². The molecule has 8 heteroatoms. The lowest BCUT2D eigenvalue weighted by Gasteiger charge is -2.05. The number of methoxy groups -OCH3 is 1. The van der Waals surface area contributed by atoms with Gasteiger partial charge in [0.2, 0.25) is 0 Å². The van der Waals surface area contributed by atoms with Crippen LogP contribution in [0.1, 0.15) is 15.9 Å². The Morgan fingerprint density at radius 3 is 2.61 bits per heavy atom. The van der Waals surface area contributed by atoms with E-state index in [2.05, 4.69) is 9.47 Å². The quantitative estimate of drug-likeness (QED) is 0.485. The number of hydrogen-bond acceptors (Lipinski definition) is 6. The summed E-state index contributed by atoms with van der Waals surface area (Å²) < 4.78 is 8.95. The van der Waals surface area contributed by atoms with Crippen LogP contribution in [0.3, 0.4) is 0 Å². The Bertz CT molecular complexity index is 499. The highest BCUT2D eigenvalue weighted by molar-refractivity contribution is 5.89. The van der Waals surface area contributed by atoms with Gasteiger partial charge in [-0.05, 0) is 12.1 Å². The average Bonchev–Trinajstić information content (AvgIpc) is 2.34. The Labute approximate surface area is 101 Å². The summed E-state index contributed by atoms with van der Waals surface area (Å²) in [5.74, 6) is -0.648. The maximum atomic E-state index is 11.3. The number of esters is 1. The third-order valence-electron chi connectivity index (χ3n) is 2.07. The van der Waals surface area contributed by atoms with Crippen molar-refractivity contribution in [2.75, 3.05) is 7.11 Å². The van der Waals surface area contributed by atoms with Crippen molar-refractivity contribution in [3.63, 3.8) is 0 Å². The zero-order valence-electron chi connectivity index (χ0n) is 9.41. The van der Waals surface area contributed by atoms with Gasteiger partial charge in [0, 0.05) is 6.07 Å². The van der Waals surface area contributed by atoms with Crippen molar-refractivity contribution >= 4 is 17.7 Å². The van der Waals surface area contributed by atoms with Crippen molar-refractivity contribution in [2.45, 2.75) is 6.61 Å². The van der Waals surface area contributed by atoms with Gasteiger partial charge in [-0.2, -0.15) is 0 Å². The minimum absolute atomic E-state index is 0.0571. The summed E-state index contributed by atoms with van der Waals surface area (Å²) >= 11 is 0. The van der Waals surface area contributed by atoms with E-state index in [0.29, 0.717) is 0 Å². The Hall–Kier alpha value is -2.64. The van der Waals surface area contributed by atoms with Crippen LogP contribution in [0.2, 0.25) is 0 Å². The summed E-state index contributed by atoms with van der Waals surface area (Å²) in [6, 6.07) is 3.59. The summed E-state index contributed by atoms with van der Waals surface area (Å²) in [6.45, 7) is -0.392. The number of ether oxygens (including phenoxy) is 2. The number of primary amides is 1. The Morgan fingerprint density at radius 1 is 1.44 bits per heavy atom. The molecule has 0 saturated carbocycles. The number of rotatable bonds is 4. The van der Waals surface area contributed by atoms with Gasteiger partial charge in [-0.3, -0.25) is 10.1 Å². The highest BCUT2D eigenvalue weighted by Gasteiger charge is 2.17. The van der Waals surface area contributed by atoms with E-state index in [1.165, 1.54) is 19.2 Å². The summed E-state index contributed by atoms with van der Waals surface area (Å²) in [7, 11) is 1.18. The van der Waals surface area contributed by atoms with E-state index in [4.69, 9.17) is 5.73 Å². The Balaban J connectivity index is 3.11. The Morgan fingerprint density at radius 2 is 2.11 bits per heavy atom. The predicted molar refractivity (Wildman–Crippen MR) is 58.8 cm³/mol. The third kappa shape index (κ3) is 3.17. The van der Waals surface area contributed by atoms with Crippen LogP contribution in [0.4, 0.5) is 10.5 Å². The number of nitrogens with two attached hydrogens (primary N) is 1. The standard InChI is InChI=1S/C10H10N2O6/c1-17-9(13)6-2-3-8(12(15)16)7(4-6)5-18-10(11)14/h2-4H,5H2,1H3,(H2,11,14). The second-order valence-electron chi connectivity index (χ2n) is 3.20. The normalized spacial score (nSPS) is 9.61. The van der Waals surface area contributed by atoms with Gasteiger partial charge < -0.3 is 15.2 Å². The molecule has 0 atom stereocenters. The van der Waals surface area contributed by atoms with Gasteiger partial charge in [-0.15, -0.1) is 0 Å². The van der Waals surface area contributed by atoms with Crippen molar-refractivity contribution in [2.24, 2.45) is 5.73 Å². The maximum absolute atomic E-state index is 11.3. The van der Waals surface area contributed by atoms with Crippen molar-refractivity contribution < 1.29 is 24.0 Å². The summed E-state index contributed by atoms with van der Waals surface area (Å²) in [5.41, 5.74) is 4.67. The average molecular weight is 254 g/mol. The van der Waals surface area contributed by atoms with E-state index < -0.39 is 23.6 Å².